The Kier molecular flexibility index (Phi) is 6.22. The van der Waals surface area contributed by atoms with Crippen LogP contribution in [0.25, 0.3) is 0 Å². The van der Waals surface area contributed by atoms with Gasteiger partial charge in [-0.2, -0.15) is 0 Å². The summed E-state index contributed by atoms with van der Waals surface area (Å²) in [5, 5.41) is 11.4. The molecule has 1 aromatic carbocycles. The minimum absolute atomic E-state index is 0.0185. The van der Waals surface area contributed by atoms with Crippen LogP contribution in [0.3, 0.4) is 0 Å². The zero-order valence-corrected chi connectivity index (χ0v) is 12.3. The van der Waals surface area contributed by atoms with Gasteiger partial charge in [0.1, 0.15) is 0 Å². The van der Waals surface area contributed by atoms with E-state index in [1.807, 2.05) is 19.1 Å². The van der Waals surface area contributed by atoms with Crippen molar-refractivity contribution in [3.63, 3.8) is 0 Å². The predicted octanol–water partition coefficient (Wildman–Crippen LogP) is 3.24. The number of rotatable bonds is 7. The van der Waals surface area contributed by atoms with Crippen LogP contribution in [-0.2, 0) is 9.59 Å². The maximum atomic E-state index is 11.6. The molecule has 110 valence electrons. The number of aliphatic carboxylic acids is 1. The average molecular weight is 277 g/mol. The molecule has 4 heteroatoms. The zero-order chi connectivity index (χ0) is 15.1. The molecule has 2 atom stereocenters. The maximum absolute atomic E-state index is 11.6. The molecule has 0 saturated carbocycles. The van der Waals surface area contributed by atoms with Crippen LogP contribution < -0.4 is 5.32 Å². The fraction of sp³-hybridized carbons (Fsp3) is 0.500. The standard InChI is InChI=1S/C16H23NO3/c1-4-11(2)13-5-7-14(8-6-13)12(3)17-15(18)9-10-16(19)20/h5-8,11-12H,4,9-10H2,1-3H3,(H,17,18)(H,19,20)/t11-,12-/m0/s1. The van der Waals surface area contributed by atoms with Crippen LogP contribution in [0.2, 0.25) is 0 Å². The van der Waals surface area contributed by atoms with Gasteiger partial charge in [0.2, 0.25) is 5.91 Å². The van der Waals surface area contributed by atoms with Crippen LogP contribution >= 0.6 is 0 Å². The van der Waals surface area contributed by atoms with Crippen molar-refractivity contribution in [3.8, 4) is 0 Å². The highest BCUT2D eigenvalue weighted by Crippen LogP contribution is 2.21. The van der Waals surface area contributed by atoms with Crippen LogP contribution in [0.1, 0.15) is 63.1 Å². The van der Waals surface area contributed by atoms with Gasteiger partial charge in [-0.05, 0) is 30.4 Å². The zero-order valence-electron chi connectivity index (χ0n) is 12.3. The Bertz CT molecular complexity index is 453. The van der Waals surface area contributed by atoms with E-state index in [2.05, 4.69) is 31.3 Å². The Morgan fingerprint density at radius 2 is 1.65 bits per heavy atom. The first-order chi connectivity index (χ1) is 9.43. The molecule has 0 aromatic heterocycles. The summed E-state index contributed by atoms with van der Waals surface area (Å²) in [7, 11) is 0. The first-order valence-electron chi connectivity index (χ1n) is 7.05. The van der Waals surface area contributed by atoms with E-state index in [0.29, 0.717) is 5.92 Å². The first kappa shape index (κ1) is 16.2. The lowest BCUT2D eigenvalue weighted by Gasteiger charge is -2.16. The van der Waals surface area contributed by atoms with Gasteiger partial charge in [0, 0.05) is 6.42 Å². The first-order valence-corrected chi connectivity index (χ1v) is 7.05. The van der Waals surface area contributed by atoms with Crippen molar-refractivity contribution in [1.82, 2.24) is 5.32 Å². The number of carboxylic acids is 1. The average Bonchev–Trinajstić information content (AvgIpc) is 2.44. The molecule has 0 saturated heterocycles. The van der Waals surface area contributed by atoms with Crippen molar-refractivity contribution >= 4 is 11.9 Å². The van der Waals surface area contributed by atoms with E-state index in [1.54, 1.807) is 0 Å². The Balaban J connectivity index is 2.57. The molecule has 0 bridgehead atoms. The number of hydrogen-bond acceptors (Lipinski definition) is 2. The summed E-state index contributed by atoms with van der Waals surface area (Å²) in [6, 6.07) is 8.10. The largest absolute Gasteiger partial charge is 0.481 e. The fourth-order valence-corrected chi connectivity index (χ4v) is 1.97. The van der Waals surface area contributed by atoms with Gasteiger partial charge in [-0.25, -0.2) is 0 Å². The highest BCUT2D eigenvalue weighted by molar-refractivity contribution is 5.80. The van der Waals surface area contributed by atoms with Gasteiger partial charge in [-0.1, -0.05) is 38.1 Å². The minimum atomic E-state index is -0.953. The molecule has 1 aromatic rings. The van der Waals surface area contributed by atoms with Crippen molar-refractivity contribution < 1.29 is 14.7 Å². The summed E-state index contributed by atoms with van der Waals surface area (Å²) in [5.41, 5.74) is 2.32. The van der Waals surface area contributed by atoms with Crippen molar-refractivity contribution in [2.45, 2.75) is 52.0 Å². The Morgan fingerprint density at radius 3 is 2.15 bits per heavy atom. The summed E-state index contributed by atoms with van der Waals surface area (Å²) < 4.78 is 0. The molecule has 2 N–H and O–H groups in total. The number of benzene rings is 1. The molecule has 0 heterocycles. The van der Waals surface area contributed by atoms with Gasteiger partial charge < -0.3 is 10.4 Å². The lowest BCUT2D eigenvalue weighted by atomic mass is 9.96. The number of carbonyl (C=O) groups excluding carboxylic acids is 1. The van der Waals surface area contributed by atoms with Crippen molar-refractivity contribution in [2.24, 2.45) is 0 Å². The minimum Gasteiger partial charge on any atom is -0.481 e. The maximum Gasteiger partial charge on any atom is 0.303 e. The number of carbonyl (C=O) groups is 2. The number of amides is 1. The second-order valence-corrected chi connectivity index (χ2v) is 5.16. The second-order valence-electron chi connectivity index (χ2n) is 5.16. The summed E-state index contributed by atoms with van der Waals surface area (Å²) in [6.45, 7) is 6.24. The SMILES string of the molecule is CC[C@H](C)c1ccc([C@H](C)NC(=O)CCC(=O)O)cc1. The van der Waals surface area contributed by atoms with Gasteiger partial charge in [-0.3, -0.25) is 9.59 Å². The Morgan fingerprint density at radius 1 is 1.10 bits per heavy atom. The summed E-state index contributed by atoms with van der Waals surface area (Å²) in [4.78, 5) is 22.0. The lowest BCUT2D eigenvalue weighted by molar-refractivity contribution is -0.138. The summed E-state index contributed by atoms with van der Waals surface area (Å²) in [5.74, 6) is -0.652. The van der Waals surface area contributed by atoms with Gasteiger partial charge >= 0.3 is 5.97 Å². The van der Waals surface area contributed by atoms with Crippen molar-refractivity contribution in [2.75, 3.05) is 0 Å². The van der Waals surface area contributed by atoms with Crippen LogP contribution in [0.4, 0.5) is 0 Å². The van der Waals surface area contributed by atoms with E-state index in [9.17, 15) is 9.59 Å². The quantitative estimate of drug-likeness (QED) is 0.804. The third-order valence-corrected chi connectivity index (χ3v) is 3.56. The van der Waals surface area contributed by atoms with E-state index >= 15 is 0 Å². The third kappa shape index (κ3) is 5.03. The highest BCUT2D eigenvalue weighted by Gasteiger charge is 2.11. The fourth-order valence-electron chi connectivity index (χ4n) is 1.97. The monoisotopic (exact) mass is 277 g/mol. The molecule has 1 rings (SSSR count). The van der Waals surface area contributed by atoms with Crippen LogP contribution in [0.15, 0.2) is 24.3 Å². The van der Waals surface area contributed by atoms with E-state index < -0.39 is 5.97 Å². The second kappa shape index (κ2) is 7.68. The van der Waals surface area contributed by atoms with Crippen molar-refractivity contribution in [3.05, 3.63) is 35.4 Å². The van der Waals surface area contributed by atoms with E-state index in [1.165, 1.54) is 5.56 Å². The molecule has 0 aliphatic heterocycles. The molecule has 0 fully saturated rings. The molecule has 0 aliphatic rings. The van der Waals surface area contributed by atoms with Gasteiger partial charge in [0.25, 0.3) is 0 Å². The van der Waals surface area contributed by atoms with Crippen LogP contribution in [0, 0.1) is 0 Å². The van der Waals surface area contributed by atoms with Crippen molar-refractivity contribution in [1.29, 1.82) is 0 Å². The topological polar surface area (TPSA) is 66.4 Å². The van der Waals surface area contributed by atoms with Crippen LogP contribution in [0.5, 0.6) is 0 Å². The lowest BCUT2D eigenvalue weighted by Crippen LogP contribution is -2.26. The molecular weight excluding hydrogens is 254 g/mol. The van der Waals surface area contributed by atoms with Gasteiger partial charge in [0.15, 0.2) is 0 Å². The summed E-state index contributed by atoms with van der Waals surface area (Å²) >= 11 is 0. The molecule has 0 spiro atoms. The molecule has 0 aliphatic carbocycles. The smallest absolute Gasteiger partial charge is 0.303 e. The molecule has 0 unspecified atom stereocenters. The van der Waals surface area contributed by atoms with E-state index in [4.69, 9.17) is 5.11 Å². The van der Waals surface area contributed by atoms with Crippen LogP contribution in [-0.4, -0.2) is 17.0 Å². The molecule has 20 heavy (non-hydrogen) atoms. The Hall–Kier alpha value is -1.84. The number of carboxylic acid groups (broad SMARTS) is 1. The Labute approximate surface area is 120 Å². The molecule has 0 radical (unpaired) electrons. The number of hydrogen-bond donors (Lipinski definition) is 2. The predicted molar refractivity (Wildman–Crippen MR) is 78.6 cm³/mol. The summed E-state index contributed by atoms with van der Waals surface area (Å²) in [6.07, 6.45) is 0.983. The highest BCUT2D eigenvalue weighted by atomic mass is 16.4. The molecule has 1 amide bonds. The normalized spacial score (nSPS) is 13.6. The molecular formula is C16H23NO3. The third-order valence-electron chi connectivity index (χ3n) is 3.56. The molecule has 4 nitrogen and oxygen atoms in total. The van der Waals surface area contributed by atoms with E-state index in [-0.39, 0.29) is 24.8 Å². The number of nitrogens with one attached hydrogen (secondary N) is 1. The van der Waals surface area contributed by atoms with Gasteiger partial charge in [-0.15, -0.1) is 0 Å². The van der Waals surface area contributed by atoms with Gasteiger partial charge in [0.05, 0.1) is 12.5 Å². The van der Waals surface area contributed by atoms with E-state index in [0.717, 1.165) is 12.0 Å².